The predicted octanol–water partition coefficient (Wildman–Crippen LogP) is 11.6. The Morgan fingerprint density at radius 2 is 1.23 bits per heavy atom. The zero-order valence-electron chi connectivity index (χ0n) is 37.1. The van der Waals surface area contributed by atoms with Crippen LogP contribution < -0.4 is 9.47 Å². The lowest BCUT2D eigenvalue weighted by Gasteiger charge is -2.42. The fourth-order valence-corrected chi connectivity index (χ4v) is 7.86. The highest BCUT2D eigenvalue weighted by molar-refractivity contribution is 5.98. The average molecular weight is 841 g/mol. The van der Waals surface area contributed by atoms with Crippen molar-refractivity contribution in [3.05, 3.63) is 154 Å². The minimum absolute atomic E-state index is 0.0742. The Morgan fingerprint density at radius 3 is 1.71 bits per heavy atom. The zero-order valence-corrected chi connectivity index (χ0v) is 37.1. The number of aliphatic hydroxyl groups excluding tert-OH is 1. The molecule has 0 fully saturated rings. The van der Waals surface area contributed by atoms with Gasteiger partial charge in [-0.15, -0.1) is 0 Å². The molecule has 0 amide bonds. The van der Waals surface area contributed by atoms with E-state index in [0.717, 1.165) is 46.9 Å². The van der Waals surface area contributed by atoms with Crippen LogP contribution >= 0.6 is 0 Å². The van der Waals surface area contributed by atoms with E-state index < -0.39 is 23.5 Å². The number of aliphatic hydroxyl groups is 1. The predicted molar refractivity (Wildman–Crippen MR) is 244 cm³/mol. The number of aryl methyl sites for hydroxylation is 1. The van der Waals surface area contributed by atoms with Crippen molar-refractivity contribution in [2.75, 3.05) is 0 Å². The van der Waals surface area contributed by atoms with Crippen LogP contribution in [-0.4, -0.2) is 50.2 Å². The van der Waals surface area contributed by atoms with Gasteiger partial charge < -0.3 is 29.5 Å². The monoisotopic (exact) mass is 840 g/mol. The van der Waals surface area contributed by atoms with E-state index in [1.54, 1.807) is 27.7 Å². The van der Waals surface area contributed by atoms with E-state index in [0.29, 0.717) is 59.7 Å². The van der Waals surface area contributed by atoms with E-state index in [9.17, 15) is 24.9 Å². The van der Waals surface area contributed by atoms with E-state index >= 15 is 0 Å². The molecule has 5 aromatic rings. The summed E-state index contributed by atoms with van der Waals surface area (Å²) in [6, 6.07) is 34.7. The number of allylic oxidation sites excluding steroid dienone is 1. The van der Waals surface area contributed by atoms with Gasteiger partial charge in [-0.2, -0.15) is 0 Å². The van der Waals surface area contributed by atoms with Gasteiger partial charge >= 0.3 is 11.9 Å². The van der Waals surface area contributed by atoms with E-state index in [1.165, 1.54) is 0 Å². The van der Waals surface area contributed by atoms with E-state index in [4.69, 9.17) is 24.2 Å². The van der Waals surface area contributed by atoms with Crippen molar-refractivity contribution in [3.63, 3.8) is 0 Å². The first-order valence-electron chi connectivity index (χ1n) is 21.4. The number of benzene rings is 4. The molecule has 326 valence electrons. The first-order valence-corrected chi connectivity index (χ1v) is 21.4. The molecular formula is C52H60N2O8. The number of esters is 1. The van der Waals surface area contributed by atoms with Gasteiger partial charge in [0.1, 0.15) is 40.1 Å². The molecule has 0 spiro atoms. The number of carboxylic acid groups (broad SMARTS) is 1. The molecule has 2 atom stereocenters. The van der Waals surface area contributed by atoms with Gasteiger partial charge in [-0.3, -0.25) is 14.8 Å². The Bertz CT molecular complexity index is 2370. The lowest BCUT2D eigenvalue weighted by molar-refractivity contribution is -0.154. The molecule has 10 nitrogen and oxygen atoms in total. The van der Waals surface area contributed by atoms with Crippen LogP contribution in [0, 0.1) is 18.3 Å². The number of aromatic hydroxyl groups is 1. The molecule has 4 aromatic carbocycles. The maximum atomic E-state index is 12.7. The third-order valence-electron chi connectivity index (χ3n) is 11.0. The molecule has 0 radical (unpaired) electrons. The zero-order chi connectivity index (χ0) is 45.0. The minimum atomic E-state index is -1.38. The molecule has 2 unspecified atom stereocenters. The molecule has 1 aliphatic heterocycles. The van der Waals surface area contributed by atoms with Gasteiger partial charge in [0.15, 0.2) is 5.75 Å². The number of carbonyl (C=O) groups excluding carboxylic acids is 1. The number of aliphatic imine (C=N–C) groups is 1. The molecule has 0 aliphatic carbocycles. The van der Waals surface area contributed by atoms with Crippen molar-refractivity contribution in [1.82, 2.24) is 4.98 Å². The van der Waals surface area contributed by atoms with E-state index in [-0.39, 0.29) is 23.3 Å². The highest BCUT2D eigenvalue weighted by Gasteiger charge is 2.54. The maximum Gasteiger partial charge on any atom is 0.342 e. The summed E-state index contributed by atoms with van der Waals surface area (Å²) < 4.78 is 17.3. The number of aromatic nitrogens is 1. The van der Waals surface area contributed by atoms with Crippen LogP contribution in [0.2, 0.25) is 0 Å². The van der Waals surface area contributed by atoms with Crippen molar-refractivity contribution in [2.45, 2.75) is 106 Å². The van der Waals surface area contributed by atoms with Crippen molar-refractivity contribution < 1.29 is 39.1 Å². The summed E-state index contributed by atoms with van der Waals surface area (Å²) in [5.74, 6) is 1.07. The molecule has 1 aromatic heterocycles. The van der Waals surface area contributed by atoms with E-state index in [1.807, 2.05) is 137 Å². The molecule has 1 aliphatic rings. The minimum Gasteiger partial charge on any atom is -0.505 e. The Hall–Kier alpha value is -6.26. The summed E-state index contributed by atoms with van der Waals surface area (Å²) in [5, 5.41) is 32.0. The van der Waals surface area contributed by atoms with Gasteiger partial charge in [0.2, 0.25) is 0 Å². The second kappa shape index (κ2) is 21.5. The number of rotatable bonds is 16. The average Bonchev–Trinajstić information content (AvgIpc) is 3.23. The van der Waals surface area contributed by atoms with Crippen molar-refractivity contribution in [2.24, 2.45) is 16.3 Å². The number of carboxylic acids is 1. The van der Waals surface area contributed by atoms with E-state index in [2.05, 4.69) is 0 Å². The molecule has 0 saturated carbocycles. The SMILES string of the molecule is CCCC1=NC(Cc2cccc(Oc3ccccc3)c2)=C(C)C(C(=O)O)(C(C)C)C1O.CCCc1nc(Cc2cccc(Oc3ccccc3)c2)c(C)c(C(=O)OC(C)C)c1O. The van der Waals surface area contributed by atoms with Crippen LogP contribution in [-0.2, 0) is 28.8 Å². The molecule has 0 bridgehead atoms. The number of hydrogen-bond acceptors (Lipinski definition) is 9. The molecular weight excluding hydrogens is 781 g/mol. The van der Waals surface area contributed by atoms with Crippen LogP contribution in [0.5, 0.6) is 28.7 Å². The Labute approximate surface area is 366 Å². The lowest BCUT2D eigenvalue weighted by Crippen LogP contribution is -2.53. The highest BCUT2D eigenvalue weighted by atomic mass is 16.5. The smallest absolute Gasteiger partial charge is 0.342 e. The largest absolute Gasteiger partial charge is 0.505 e. The lowest BCUT2D eigenvalue weighted by atomic mass is 9.64. The number of ether oxygens (including phenoxy) is 3. The van der Waals surface area contributed by atoms with Gasteiger partial charge in [0.25, 0.3) is 0 Å². The summed E-state index contributed by atoms with van der Waals surface area (Å²) >= 11 is 0. The van der Waals surface area contributed by atoms with Crippen LogP contribution in [0.15, 0.2) is 125 Å². The fourth-order valence-electron chi connectivity index (χ4n) is 7.86. The van der Waals surface area contributed by atoms with Gasteiger partial charge in [0, 0.05) is 29.9 Å². The van der Waals surface area contributed by atoms with Crippen molar-refractivity contribution in [1.29, 1.82) is 0 Å². The van der Waals surface area contributed by atoms with Crippen molar-refractivity contribution >= 4 is 17.7 Å². The summed E-state index contributed by atoms with van der Waals surface area (Å²) in [5.41, 5.74) is 4.59. The van der Waals surface area contributed by atoms with Gasteiger partial charge in [-0.05, 0) is 117 Å². The van der Waals surface area contributed by atoms with Gasteiger partial charge in [0.05, 0.1) is 11.8 Å². The quantitative estimate of drug-likeness (QED) is 0.0826. The number of para-hydroxylation sites is 2. The highest BCUT2D eigenvalue weighted by Crippen LogP contribution is 2.46. The number of carbonyl (C=O) groups is 2. The first-order chi connectivity index (χ1) is 29.7. The second-order valence-electron chi connectivity index (χ2n) is 16.2. The maximum absolute atomic E-state index is 12.7. The summed E-state index contributed by atoms with van der Waals surface area (Å²) in [6.45, 7) is 14.9. The van der Waals surface area contributed by atoms with Crippen LogP contribution in [0.1, 0.15) is 106 Å². The summed E-state index contributed by atoms with van der Waals surface area (Å²) in [6.07, 6.45) is 2.33. The number of hydrogen-bond donors (Lipinski definition) is 3. The van der Waals surface area contributed by atoms with Gasteiger partial charge in [-0.1, -0.05) is 101 Å². The van der Waals surface area contributed by atoms with Crippen LogP contribution in [0.25, 0.3) is 0 Å². The molecule has 0 saturated heterocycles. The fraction of sp³-hybridized carbons (Fsp3) is 0.346. The molecule has 6 rings (SSSR count). The molecule has 3 N–H and O–H groups in total. The Morgan fingerprint density at radius 1 is 0.710 bits per heavy atom. The topological polar surface area (TPSA) is 148 Å². The third kappa shape index (κ3) is 11.2. The van der Waals surface area contributed by atoms with Crippen LogP contribution in [0.3, 0.4) is 0 Å². The number of aliphatic carboxylic acids is 1. The molecule has 62 heavy (non-hydrogen) atoms. The Balaban J connectivity index is 0.000000234. The number of pyridine rings is 1. The van der Waals surface area contributed by atoms with Crippen LogP contribution in [0.4, 0.5) is 0 Å². The summed E-state index contributed by atoms with van der Waals surface area (Å²) in [7, 11) is 0. The normalized spacial score (nSPS) is 16.0. The first kappa shape index (κ1) is 46.8. The summed E-state index contributed by atoms with van der Waals surface area (Å²) in [4.78, 5) is 34.6. The van der Waals surface area contributed by atoms with Crippen molar-refractivity contribution in [3.8, 4) is 28.7 Å². The third-order valence-corrected chi connectivity index (χ3v) is 11.0. The molecule has 2 heterocycles. The standard InChI is InChI=1S/C26H31NO4.C26H29NO4/c1-5-10-22-24(28)26(17(2)3,25(29)30)18(4)23(27-22)16-19-11-9-14-21(15-19)31-20-12-7-6-8-13-20;1-5-10-22-25(28)24(26(29)30-17(2)3)18(4)23(27-22)16-19-11-9-14-21(15-19)31-20-12-7-6-8-13-20/h6-9,11-15,17,24,28H,5,10,16H2,1-4H3,(H,29,30);6-9,11-15,17,28H,5,10,16H2,1-4H3. The Kier molecular flexibility index (Phi) is 16.2. The molecule has 10 heteroatoms. The number of nitrogens with zero attached hydrogens (tertiary/aromatic N) is 2. The van der Waals surface area contributed by atoms with Gasteiger partial charge in [-0.25, -0.2) is 4.79 Å². The second-order valence-corrected chi connectivity index (χ2v) is 16.2.